The van der Waals surface area contributed by atoms with Crippen molar-refractivity contribution in [3.05, 3.63) is 90.0 Å². The number of hydrogen-bond donors (Lipinski definition) is 0. The second-order valence-electron chi connectivity index (χ2n) is 8.98. The first-order valence-corrected chi connectivity index (χ1v) is 13.6. The Labute approximate surface area is 230 Å². The lowest BCUT2D eigenvalue weighted by Gasteiger charge is -2.10. The Kier molecular flexibility index (Phi) is 15.4. The van der Waals surface area contributed by atoms with Gasteiger partial charge in [-0.2, -0.15) is 10.2 Å². The zero-order valence-corrected chi connectivity index (χ0v) is 25.1. The van der Waals surface area contributed by atoms with Gasteiger partial charge in [0.05, 0.1) is 31.1 Å². The molecule has 0 aliphatic rings. The highest BCUT2D eigenvalue weighted by molar-refractivity contribution is 5.60. The SMILES string of the molecule is C/C=C/C=C/CC.CC.COCc1cc2cccc(C(C)C)n2n1.COc1ccc(C(C)C)n2nccc12. The zero-order chi connectivity index (χ0) is 28.5. The molecule has 0 aromatic carbocycles. The summed E-state index contributed by atoms with van der Waals surface area (Å²) < 4.78 is 14.3. The normalized spacial score (nSPS) is 10.9. The predicted molar refractivity (Wildman–Crippen MR) is 161 cm³/mol. The molecule has 4 rings (SSSR count). The molecule has 0 fully saturated rings. The first-order valence-electron chi connectivity index (χ1n) is 13.6. The van der Waals surface area contributed by atoms with Crippen LogP contribution >= 0.6 is 0 Å². The van der Waals surface area contributed by atoms with Crippen LogP contribution in [0.2, 0.25) is 0 Å². The summed E-state index contributed by atoms with van der Waals surface area (Å²) in [7, 11) is 3.37. The van der Waals surface area contributed by atoms with E-state index in [4.69, 9.17) is 9.47 Å². The number of nitrogens with zero attached hydrogens (tertiary/aromatic N) is 4. The summed E-state index contributed by atoms with van der Waals surface area (Å²) >= 11 is 0. The van der Waals surface area contributed by atoms with Crippen molar-refractivity contribution >= 4 is 11.0 Å². The van der Waals surface area contributed by atoms with Gasteiger partial charge in [-0.3, -0.25) is 0 Å². The third kappa shape index (κ3) is 9.49. The molecule has 4 aromatic heterocycles. The molecule has 0 atom stereocenters. The van der Waals surface area contributed by atoms with Gasteiger partial charge in [-0.15, -0.1) is 0 Å². The van der Waals surface area contributed by atoms with Gasteiger partial charge in [0.15, 0.2) is 0 Å². The molecule has 0 radical (unpaired) electrons. The molecule has 6 heteroatoms. The monoisotopic (exact) mass is 520 g/mol. The van der Waals surface area contributed by atoms with Crippen LogP contribution in [0.5, 0.6) is 5.75 Å². The van der Waals surface area contributed by atoms with Crippen LogP contribution in [0.25, 0.3) is 11.0 Å². The van der Waals surface area contributed by atoms with Crippen molar-refractivity contribution in [2.45, 2.75) is 80.3 Å². The van der Waals surface area contributed by atoms with E-state index in [1.165, 1.54) is 11.4 Å². The summed E-state index contributed by atoms with van der Waals surface area (Å²) in [4.78, 5) is 0. The minimum Gasteiger partial charge on any atom is -0.494 e. The lowest BCUT2D eigenvalue weighted by molar-refractivity contribution is 0.181. The molecule has 4 heterocycles. The van der Waals surface area contributed by atoms with Crippen LogP contribution in [0.3, 0.4) is 0 Å². The topological polar surface area (TPSA) is 53.1 Å². The maximum absolute atomic E-state index is 5.26. The quantitative estimate of drug-likeness (QED) is 0.229. The van der Waals surface area contributed by atoms with Crippen molar-refractivity contribution in [2.24, 2.45) is 0 Å². The Morgan fingerprint density at radius 1 is 0.895 bits per heavy atom. The van der Waals surface area contributed by atoms with E-state index in [2.05, 4.69) is 87.3 Å². The van der Waals surface area contributed by atoms with E-state index in [9.17, 15) is 0 Å². The summed E-state index contributed by atoms with van der Waals surface area (Å²) in [6, 6.07) is 14.3. The van der Waals surface area contributed by atoms with Crippen LogP contribution in [-0.2, 0) is 11.3 Å². The summed E-state index contributed by atoms with van der Waals surface area (Å²) in [5, 5.41) is 8.80. The van der Waals surface area contributed by atoms with Gasteiger partial charge in [-0.25, -0.2) is 9.03 Å². The Balaban J connectivity index is 0.000000293. The summed E-state index contributed by atoms with van der Waals surface area (Å²) in [5.74, 6) is 1.80. The van der Waals surface area contributed by atoms with Crippen LogP contribution < -0.4 is 4.74 Å². The van der Waals surface area contributed by atoms with Crippen LogP contribution in [0, 0.1) is 0 Å². The third-order valence-corrected chi connectivity index (χ3v) is 5.48. The van der Waals surface area contributed by atoms with Crippen molar-refractivity contribution in [1.82, 2.24) is 19.2 Å². The van der Waals surface area contributed by atoms with Crippen LogP contribution in [0.4, 0.5) is 0 Å². The second-order valence-corrected chi connectivity index (χ2v) is 8.98. The van der Waals surface area contributed by atoms with Gasteiger partial charge in [0, 0.05) is 18.5 Å². The van der Waals surface area contributed by atoms with Gasteiger partial charge in [0.1, 0.15) is 11.3 Å². The summed E-state index contributed by atoms with van der Waals surface area (Å²) in [6.45, 7) is 17.4. The van der Waals surface area contributed by atoms with Crippen LogP contribution in [-0.4, -0.2) is 33.4 Å². The second kappa shape index (κ2) is 18.0. The van der Waals surface area contributed by atoms with Gasteiger partial charge in [0.25, 0.3) is 0 Å². The van der Waals surface area contributed by atoms with Crippen LogP contribution in [0.15, 0.2) is 73.0 Å². The number of methoxy groups -OCH3 is 2. The smallest absolute Gasteiger partial charge is 0.144 e. The van der Waals surface area contributed by atoms with Gasteiger partial charge in [-0.1, -0.05) is 78.8 Å². The van der Waals surface area contributed by atoms with Gasteiger partial charge >= 0.3 is 0 Å². The molecule has 38 heavy (non-hydrogen) atoms. The number of rotatable bonds is 7. The molecular weight excluding hydrogens is 472 g/mol. The molecule has 0 saturated carbocycles. The molecular formula is C32H48N4O2. The lowest BCUT2D eigenvalue weighted by Crippen LogP contribution is -2.01. The number of allylic oxidation sites excluding steroid dienone is 4. The van der Waals surface area contributed by atoms with E-state index >= 15 is 0 Å². The highest BCUT2D eigenvalue weighted by atomic mass is 16.5. The molecule has 0 spiro atoms. The van der Waals surface area contributed by atoms with Crippen molar-refractivity contribution in [2.75, 3.05) is 14.2 Å². The molecule has 0 amide bonds. The molecule has 208 valence electrons. The van der Waals surface area contributed by atoms with Crippen molar-refractivity contribution in [3.8, 4) is 5.75 Å². The zero-order valence-electron chi connectivity index (χ0n) is 25.1. The average Bonchev–Trinajstić information content (AvgIpc) is 3.57. The molecule has 0 aliphatic carbocycles. The molecule has 6 nitrogen and oxygen atoms in total. The maximum atomic E-state index is 5.26. The fourth-order valence-electron chi connectivity index (χ4n) is 3.69. The number of pyridine rings is 2. The third-order valence-electron chi connectivity index (χ3n) is 5.48. The number of fused-ring (bicyclic) bond motifs is 2. The molecule has 0 aliphatic heterocycles. The molecule has 0 bridgehead atoms. The van der Waals surface area contributed by atoms with Crippen LogP contribution in [0.1, 0.15) is 90.7 Å². The maximum Gasteiger partial charge on any atom is 0.144 e. The average molecular weight is 521 g/mol. The number of aromatic nitrogens is 4. The Morgan fingerprint density at radius 3 is 2.16 bits per heavy atom. The number of ether oxygens (including phenoxy) is 2. The van der Waals surface area contributed by atoms with E-state index in [1.807, 2.05) is 54.1 Å². The van der Waals surface area contributed by atoms with Crippen molar-refractivity contribution in [3.63, 3.8) is 0 Å². The van der Waals surface area contributed by atoms with Crippen molar-refractivity contribution in [1.29, 1.82) is 0 Å². The van der Waals surface area contributed by atoms with Gasteiger partial charge in [-0.05, 0) is 61.6 Å². The fraction of sp³-hybridized carbons (Fsp3) is 0.438. The highest BCUT2D eigenvalue weighted by Gasteiger charge is 2.09. The minimum atomic E-state index is 0.461. The Morgan fingerprint density at radius 2 is 1.58 bits per heavy atom. The Bertz CT molecular complexity index is 1250. The summed E-state index contributed by atoms with van der Waals surface area (Å²) in [5.41, 5.74) is 5.57. The first-order chi connectivity index (χ1) is 18.4. The molecule has 0 unspecified atom stereocenters. The van der Waals surface area contributed by atoms with Gasteiger partial charge < -0.3 is 9.47 Å². The molecule has 0 saturated heterocycles. The minimum absolute atomic E-state index is 0.461. The highest BCUT2D eigenvalue weighted by Crippen LogP contribution is 2.24. The van der Waals surface area contributed by atoms with E-state index in [-0.39, 0.29) is 0 Å². The van der Waals surface area contributed by atoms with E-state index in [0.717, 1.165) is 28.9 Å². The lowest BCUT2D eigenvalue weighted by atomic mass is 10.1. The van der Waals surface area contributed by atoms with Crippen molar-refractivity contribution < 1.29 is 9.47 Å². The number of hydrogen-bond acceptors (Lipinski definition) is 4. The predicted octanol–water partition coefficient (Wildman–Crippen LogP) is 8.63. The Hall–Kier alpha value is -3.38. The molecule has 4 aromatic rings. The largest absolute Gasteiger partial charge is 0.494 e. The van der Waals surface area contributed by atoms with E-state index < -0.39 is 0 Å². The fourth-order valence-corrected chi connectivity index (χ4v) is 3.69. The molecule has 0 N–H and O–H groups in total. The first kappa shape index (κ1) is 32.6. The summed E-state index contributed by atoms with van der Waals surface area (Å²) in [6.07, 6.45) is 11.2. The van der Waals surface area contributed by atoms with Gasteiger partial charge in [0.2, 0.25) is 0 Å². The standard InChI is InChI=1S/C12H16N2O.C11H14N2O.C7H12.C2H6/c1-9(2)12-6-4-5-11-7-10(8-15-3)13-14(11)12;1-8(2)9-4-5-11(14-3)10-6-7-12-13(9)10;1-3-5-7-6-4-2;1-2/h4-7,9H,8H2,1-3H3;4-8H,1-3H3;3,5-7H,4H2,1-2H3;1-2H3/b;;5-3+,7-6+;. The van der Waals surface area contributed by atoms with E-state index in [0.29, 0.717) is 18.4 Å². The van der Waals surface area contributed by atoms with E-state index in [1.54, 1.807) is 20.4 Å².